The highest BCUT2D eigenvalue weighted by Crippen LogP contribution is 2.29. The SMILES string of the molecule is O[C@]1(CN2CCN(C(c3ccccc3)c3ccccc3)CC2)CNCCOC1. The van der Waals surface area contributed by atoms with E-state index in [9.17, 15) is 5.11 Å². The van der Waals surface area contributed by atoms with Gasteiger partial charge in [-0.1, -0.05) is 60.7 Å². The molecule has 0 amide bonds. The van der Waals surface area contributed by atoms with Crippen molar-refractivity contribution in [2.45, 2.75) is 11.6 Å². The number of β-amino-alcohol motifs (C(OH)–C–C–N with tert-alkyl or cyclic N) is 1. The van der Waals surface area contributed by atoms with Crippen LogP contribution in [0.5, 0.6) is 0 Å². The van der Waals surface area contributed by atoms with Crippen LogP contribution in [0.25, 0.3) is 0 Å². The average Bonchev–Trinajstić information content (AvgIpc) is 2.95. The van der Waals surface area contributed by atoms with Gasteiger partial charge in [-0.15, -0.1) is 0 Å². The fourth-order valence-electron chi connectivity index (χ4n) is 4.36. The fraction of sp³-hybridized carbons (Fsp3) is 0.478. The number of hydrogen-bond donors (Lipinski definition) is 2. The second kappa shape index (κ2) is 9.16. The Morgan fingerprint density at radius 2 is 1.54 bits per heavy atom. The molecule has 2 aliphatic heterocycles. The maximum Gasteiger partial charge on any atom is 0.113 e. The first kappa shape index (κ1) is 19.6. The van der Waals surface area contributed by atoms with Crippen molar-refractivity contribution in [3.8, 4) is 0 Å². The Hall–Kier alpha value is -1.76. The summed E-state index contributed by atoms with van der Waals surface area (Å²) in [6, 6.07) is 21.8. The van der Waals surface area contributed by atoms with Gasteiger partial charge in [0.25, 0.3) is 0 Å². The number of nitrogens with one attached hydrogen (secondary N) is 1. The van der Waals surface area contributed by atoms with Gasteiger partial charge in [-0.2, -0.15) is 0 Å². The predicted octanol–water partition coefficient (Wildman–Crippen LogP) is 1.74. The maximum absolute atomic E-state index is 10.9. The summed E-state index contributed by atoms with van der Waals surface area (Å²) in [5, 5.41) is 14.2. The Kier molecular flexibility index (Phi) is 6.40. The Labute approximate surface area is 167 Å². The minimum atomic E-state index is -0.795. The molecule has 150 valence electrons. The molecule has 5 nitrogen and oxygen atoms in total. The quantitative estimate of drug-likeness (QED) is 0.826. The van der Waals surface area contributed by atoms with Crippen molar-refractivity contribution in [1.82, 2.24) is 15.1 Å². The van der Waals surface area contributed by atoms with E-state index in [1.54, 1.807) is 0 Å². The van der Waals surface area contributed by atoms with Crippen LogP contribution in [-0.2, 0) is 4.74 Å². The zero-order valence-corrected chi connectivity index (χ0v) is 16.5. The van der Waals surface area contributed by atoms with Crippen molar-refractivity contribution in [3.05, 3.63) is 71.8 Å². The van der Waals surface area contributed by atoms with Crippen molar-refractivity contribution >= 4 is 0 Å². The molecule has 0 saturated carbocycles. The van der Waals surface area contributed by atoms with Crippen LogP contribution in [0.15, 0.2) is 60.7 Å². The van der Waals surface area contributed by atoms with E-state index in [0.717, 1.165) is 32.7 Å². The third-order valence-corrected chi connectivity index (χ3v) is 5.77. The number of rotatable bonds is 5. The number of ether oxygens (including phenoxy) is 1. The molecule has 2 aromatic carbocycles. The van der Waals surface area contributed by atoms with E-state index in [1.165, 1.54) is 11.1 Å². The van der Waals surface area contributed by atoms with Crippen LogP contribution in [0.3, 0.4) is 0 Å². The van der Waals surface area contributed by atoms with Crippen LogP contribution in [-0.4, -0.2) is 79.5 Å². The monoisotopic (exact) mass is 381 g/mol. The molecule has 4 rings (SSSR count). The van der Waals surface area contributed by atoms with Gasteiger partial charge in [0, 0.05) is 45.8 Å². The van der Waals surface area contributed by atoms with Crippen LogP contribution in [0.4, 0.5) is 0 Å². The molecule has 28 heavy (non-hydrogen) atoms. The van der Waals surface area contributed by atoms with E-state index < -0.39 is 5.60 Å². The first-order chi connectivity index (χ1) is 13.7. The van der Waals surface area contributed by atoms with Crippen LogP contribution in [0, 0.1) is 0 Å². The van der Waals surface area contributed by atoms with Crippen LogP contribution in [0.1, 0.15) is 17.2 Å². The van der Waals surface area contributed by atoms with Gasteiger partial charge in [0.2, 0.25) is 0 Å². The van der Waals surface area contributed by atoms with Crippen molar-refractivity contribution in [3.63, 3.8) is 0 Å². The van der Waals surface area contributed by atoms with E-state index in [-0.39, 0.29) is 6.04 Å². The molecule has 2 N–H and O–H groups in total. The number of piperazine rings is 1. The highest BCUT2D eigenvalue weighted by Gasteiger charge is 2.33. The number of nitrogens with zero attached hydrogens (tertiary/aromatic N) is 2. The summed E-state index contributed by atoms with van der Waals surface area (Å²) in [6.07, 6.45) is 0. The molecule has 1 atom stereocenters. The molecule has 0 bridgehead atoms. The summed E-state index contributed by atoms with van der Waals surface area (Å²) in [5.41, 5.74) is 1.88. The molecule has 0 radical (unpaired) electrons. The summed E-state index contributed by atoms with van der Waals surface area (Å²) < 4.78 is 5.58. The van der Waals surface area contributed by atoms with E-state index in [2.05, 4.69) is 75.8 Å². The lowest BCUT2D eigenvalue weighted by Gasteiger charge is -2.42. The molecular weight excluding hydrogens is 350 g/mol. The molecule has 2 aromatic rings. The van der Waals surface area contributed by atoms with Gasteiger partial charge in [0.15, 0.2) is 0 Å². The van der Waals surface area contributed by atoms with Gasteiger partial charge in [-0.25, -0.2) is 0 Å². The molecule has 0 aliphatic carbocycles. The molecule has 5 heteroatoms. The summed E-state index contributed by atoms with van der Waals surface area (Å²) >= 11 is 0. The third kappa shape index (κ3) is 4.80. The van der Waals surface area contributed by atoms with Gasteiger partial charge >= 0.3 is 0 Å². The molecule has 0 spiro atoms. The first-order valence-corrected chi connectivity index (χ1v) is 10.3. The van der Waals surface area contributed by atoms with E-state index in [4.69, 9.17) is 4.74 Å². The first-order valence-electron chi connectivity index (χ1n) is 10.3. The van der Waals surface area contributed by atoms with E-state index >= 15 is 0 Å². The standard InChI is InChI=1S/C23H31N3O2/c27-23(17-24-11-16-28-19-23)18-25-12-14-26(15-13-25)22(20-7-3-1-4-8-20)21-9-5-2-6-10-21/h1-10,22,24,27H,11-19H2/t23-/m0/s1. The predicted molar refractivity (Wildman–Crippen MR) is 111 cm³/mol. The minimum absolute atomic E-state index is 0.274. The number of benzene rings is 2. The maximum atomic E-state index is 10.9. The van der Waals surface area contributed by atoms with E-state index in [0.29, 0.717) is 26.3 Å². The van der Waals surface area contributed by atoms with Crippen LogP contribution < -0.4 is 5.32 Å². The van der Waals surface area contributed by atoms with Crippen LogP contribution >= 0.6 is 0 Å². The lowest BCUT2D eigenvalue weighted by atomic mass is 9.96. The molecule has 2 heterocycles. The highest BCUT2D eigenvalue weighted by molar-refractivity contribution is 5.31. The second-order valence-corrected chi connectivity index (χ2v) is 7.99. The van der Waals surface area contributed by atoms with Crippen molar-refractivity contribution in [2.75, 3.05) is 59.0 Å². The largest absolute Gasteiger partial charge is 0.385 e. The minimum Gasteiger partial charge on any atom is -0.385 e. The lowest BCUT2D eigenvalue weighted by molar-refractivity contribution is -0.0563. The van der Waals surface area contributed by atoms with Gasteiger partial charge in [-0.3, -0.25) is 9.80 Å². The second-order valence-electron chi connectivity index (χ2n) is 7.99. The van der Waals surface area contributed by atoms with Crippen molar-refractivity contribution in [2.24, 2.45) is 0 Å². The Balaban J connectivity index is 1.43. The normalized spacial score (nSPS) is 24.9. The van der Waals surface area contributed by atoms with E-state index in [1.807, 2.05) is 0 Å². The van der Waals surface area contributed by atoms with Crippen molar-refractivity contribution in [1.29, 1.82) is 0 Å². The molecule has 2 saturated heterocycles. The number of hydrogen-bond acceptors (Lipinski definition) is 5. The van der Waals surface area contributed by atoms with Gasteiger partial charge in [0.05, 0.1) is 19.3 Å². The summed E-state index contributed by atoms with van der Waals surface area (Å²) in [4.78, 5) is 4.94. The Morgan fingerprint density at radius 3 is 2.14 bits per heavy atom. The molecular formula is C23H31N3O2. The van der Waals surface area contributed by atoms with Gasteiger partial charge in [0.1, 0.15) is 5.60 Å². The topological polar surface area (TPSA) is 48.0 Å². The lowest BCUT2D eigenvalue weighted by Crippen LogP contribution is -2.56. The zero-order valence-electron chi connectivity index (χ0n) is 16.5. The van der Waals surface area contributed by atoms with Gasteiger partial charge in [-0.05, 0) is 11.1 Å². The molecule has 2 aliphatic rings. The smallest absolute Gasteiger partial charge is 0.113 e. The molecule has 2 fully saturated rings. The molecule has 0 unspecified atom stereocenters. The van der Waals surface area contributed by atoms with Crippen LogP contribution in [0.2, 0.25) is 0 Å². The summed E-state index contributed by atoms with van der Waals surface area (Å²) in [7, 11) is 0. The summed E-state index contributed by atoms with van der Waals surface area (Å²) in [6.45, 7) is 7.04. The van der Waals surface area contributed by atoms with Gasteiger partial charge < -0.3 is 15.2 Å². The summed E-state index contributed by atoms with van der Waals surface area (Å²) in [5.74, 6) is 0. The van der Waals surface area contributed by atoms with Crippen molar-refractivity contribution < 1.29 is 9.84 Å². The zero-order chi connectivity index (χ0) is 19.2. The Morgan fingerprint density at radius 1 is 0.929 bits per heavy atom. The molecule has 0 aromatic heterocycles. The fourth-order valence-corrected chi connectivity index (χ4v) is 4.36. The Bertz CT molecular complexity index is 670. The average molecular weight is 382 g/mol. The highest BCUT2D eigenvalue weighted by atomic mass is 16.5. The number of aliphatic hydroxyl groups is 1. The third-order valence-electron chi connectivity index (χ3n) is 5.77.